The number of rotatable bonds is 5. The summed E-state index contributed by atoms with van der Waals surface area (Å²) in [6, 6.07) is 5.75. The van der Waals surface area contributed by atoms with Gasteiger partial charge in [-0.15, -0.1) is 11.8 Å². The van der Waals surface area contributed by atoms with Gasteiger partial charge in [0.15, 0.2) is 0 Å². The molecule has 0 spiro atoms. The monoisotopic (exact) mass is 301 g/mol. The fourth-order valence-electron chi connectivity index (χ4n) is 1.14. The molecule has 0 atom stereocenters. The standard InChI is InChI=1S/C11H12ClN3O3S/c12-7-1-3-8(4-2-7)14-9(16)5-19-6-10(17)15-11(13)18/h1-4H,5-6H2,(H,14,16)(H3,13,15,17,18). The van der Waals surface area contributed by atoms with Crippen molar-refractivity contribution in [1.29, 1.82) is 0 Å². The van der Waals surface area contributed by atoms with Gasteiger partial charge in [0.2, 0.25) is 11.8 Å². The van der Waals surface area contributed by atoms with Crippen LogP contribution >= 0.6 is 23.4 Å². The number of carbonyl (C=O) groups is 3. The van der Waals surface area contributed by atoms with Gasteiger partial charge in [-0.3, -0.25) is 14.9 Å². The summed E-state index contributed by atoms with van der Waals surface area (Å²) in [7, 11) is 0. The van der Waals surface area contributed by atoms with Crippen molar-refractivity contribution in [2.24, 2.45) is 5.73 Å². The molecular weight excluding hydrogens is 290 g/mol. The highest BCUT2D eigenvalue weighted by Gasteiger charge is 2.07. The lowest BCUT2D eigenvalue weighted by Crippen LogP contribution is -2.36. The number of primary amides is 1. The van der Waals surface area contributed by atoms with Gasteiger partial charge in [0.1, 0.15) is 0 Å². The van der Waals surface area contributed by atoms with Gasteiger partial charge in [0.25, 0.3) is 0 Å². The Morgan fingerprint density at radius 1 is 1.11 bits per heavy atom. The predicted molar refractivity (Wildman–Crippen MR) is 75.1 cm³/mol. The number of thioether (sulfide) groups is 1. The van der Waals surface area contributed by atoms with Gasteiger partial charge < -0.3 is 11.1 Å². The van der Waals surface area contributed by atoms with E-state index in [1.165, 1.54) is 0 Å². The van der Waals surface area contributed by atoms with E-state index >= 15 is 0 Å². The molecule has 1 aromatic carbocycles. The molecule has 0 saturated carbocycles. The highest BCUT2D eigenvalue weighted by atomic mass is 35.5. The molecule has 6 nitrogen and oxygen atoms in total. The first-order chi connectivity index (χ1) is 8.97. The van der Waals surface area contributed by atoms with Gasteiger partial charge in [-0.05, 0) is 24.3 Å². The SMILES string of the molecule is NC(=O)NC(=O)CSCC(=O)Nc1ccc(Cl)cc1. The summed E-state index contributed by atoms with van der Waals surface area (Å²) < 4.78 is 0. The molecular formula is C11H12ClN3O3S. The molecule has 102 valence electrons. The molecule has 4 amide bonds. The number of amides is 4. The Kier molecular flexibility index (Phi) is 6.17. The van der Waals surface area contributed by atoms with Crippen molar-refractivity contribution >= 4 is 46.9 Å². The minimum Gasteiger partial charge on any atom is -0.351 e. The third kappa shape index (κ3) is 6.68. The van der Waals surface area contributed by atoms with Crippen molar-refractivity contribution in [3.63, 3.8) is 0 Å². The number of halogens is 1. The van der Waals surface area contributed by atoms with Gasteiger partial charge >= 0.3 is 6.03 Å². The van der Waals surface area contributed by atoms with Crippen LogP contribution in [0.4, 0.5) is 10.5 Å². The van der Waals surface area contributed by atoms with E-state index in [4.69, 9.17) is 17.3 Å². The smallest absolute Gasteiger partial charge is 0.318 e. The van der Waals surface area contributed by atoms with E-state index in [0.29, 0.717) is 10.7 Å². The number of hydrogen-bond donors (Lipinski definition) is 3. The second kappa shape index (κ2) is 7.65. The third-order valence-electron chi connectivity index (χ3n) is 1.86. The molecule has 1 rings (SSSR count). The summed E-state index contributed by atoms with van der Waals surface area (Å²) >= 11 is 6.79. The number of hydrogen-bond acceptors (Lipinski definition) is 4. The molecule has 0 saturated heterocycles. The van der Waals surface area contributed by atoms with E-state index in [-0.39, 0.29) is 17.4 Å². The van der Waals surface area contributed by atoms with Crippen LogP contribution in [0.15, 0.2) is 24.3 Å². The maximum atomic E-state index is 11.5. The highest BCUT2D eigenvalue weighted by Crippen LogP contribution is 2.13. The van der Waals surface area contributed by atoms with Gasteiger partial charge in [-0.1, -0.05) is 11.6 Å². The molecule has 0 aromatic heterocycles. The number of anilines is 1. The topological polar surface area (TPSA) is 101 Å². The molecule has 19 heavy (non-hydrogen) atoms. The van der Waals surface area contributed by atoms with Crippen LogP contribution in [0, 0.1) is 0 Å². The van der Waals surface area contributed by atoms with Crippen LogP contribution in [-0.4, -0.2) is 29.4 Å². The van der Waals surface area contributed by atoms with Crippen molar-refractivity contribution in [2.75, 3.05) is 16.8 Å². The average molecular weight is 302 g/mol. The maximum Gasteiger partial charge on any atom is 0.318 e. The van der Waals surface area contributed by atoms with Crippen LogP contribution in [0.1, 0.15) is 0 Å². The molecule has 0 aliphatic carbocycles. The quantitative estimate of drug-likeness (QED) is 0.760. The molecule has 0 fully saturated rings. The zero-order chi connectivity index (χ0) is 14.3. The first kappa shape index (κ1) is 15.3. The summed E-state index contributed by atoms with van der Waals surface area (Å²) in [6.45, 7) is 0. The van der Waals surface area contributed by atoms with Gasteiger partial charge in [-0.2, -0.15) is 0 Å². The minimum atomic E-state index is -0.906. The minimum absolute atomic E-state index is 0.0169. The number of urea groups is 1. The molecule has 8 heteroatoms. The summed E-state index contributed by atoms with van der Waals surface area (Å²) in [5.41, 5.74) is 5.39. The van der Waals surface area contributed by atoms with Crippen molar-refractivity contribution in [2.45, 2.75) is 0 Å². The largest absolute Gasteiger partial charge is 0.351 e. The van der Waals surface area contributed by atoms with Crippen LogP contribution in [0.2, 0.25) is 5.02 Å². The van der Waals surface area contributed by atoms with Crippen molar-refractivity contribution in [3.8, 4) is 0 Å². The van der Waals surface area contributed by atoms with Crippen molar-refractivity contribution in [3.05, 3.63) is 29.3 Å². The molecule has 0 bridgehead atoms. The first-order valence-corrected chi connectivity index (χ1v) is 6.73. The van der Waals surface area contributed by atoms with Crippen LogP contribution in [-0.2, 0) is 9.59 Å². The molecule has 1 aromatic rings. The molecule has 4 N–H and O–H groups in total. The highest BCUT2D eigenvalue weighted by molar-refractivity contribution is 8.00. The van der Waals surface area contributed by atoms with E-state index in [0.717, 1.165) is 11.8 Å². The van der Waals surface area contributed by atoms with E-state index in [1.807, 2.05) is 5.32 Å². The first-order valence-electron chi connectivity index (χ1n) is 5.20. The molecule has 0 heterocycles. The molecule has 0 aliphatic rings. The number of nitrogens with one attached hydrogen (secondary N) is 2. The lowest BCUT2D eigenvalue weighted by atomic mass is 10.3. The van der Waals surface area contributed by atoms with Crippen LogP contribution < -0.4 is 16.4 Å². The van der Waals surface area contributed by atoms with E-state index < -0.39 is 11.9 Å². The Morgan fingerprint density at radius 3 is 2.26 bits per heavy atom. The van der Waals surface area contributed by atoms with E-state index in [2.05, 4.69) is 5.32 Å². The predicted octanol–water partition coefficient (Wildman–Crippen LogP) is 1.21. The molecule has 0 unspecified atom stereocenters. The number of benzene rings is 1. The normalized spacial score (nSPS) is 9.74. The summed E-state index contributed by atoms with van der Waals surface area (Å²) in [6.07, 6.45) is 0. The second-order valence-corrected chi connectivity index (χ2v) is 4.88. The zero-order valence-corrected chi connectivity index (χ0v) is 11.4. The number of carbonyl (C=O) groups excluding carboxylic acids is 3. The number of imide groups is 1. The van der Waals surface area contributed by atoms with Gasteiger partial charge in [0, 0.05) is 10.7 Å². The second-order valence-electron chi connectivity index (χ2n) is 3.46. The Bertz CT molecular complexity index is 479. The number of nitrogens with two attached hydrogens (primary N) is 1. The third-order valence-corrected chi connectivity index (χ3v) is 3.04. The maximum absolute atomic E-state index is 11.5. The van der Waals surface area contributed by atoms with Gasteiger partial charge in [-0.25, -0.2) is 4.79 Å². The Balaban J connectivity index is 2.26. The zero-order valence-electron chi connectivity index (χ0n) is 9.81. The Hall–Kier alpha value is -1.73. The summed E-state index contributed by atoms with van der Waals surface area (Å²) in [5, 5.41) is 5.13. The van der Waals surface area contributed by atoms with Gasteiger partial charge in [0.05, 0.1) is 11.5 Å². The van der Waals surface area contributed by atoms with Crippen molar-refractivity contribution < 1.29 is 14.4 Å². The van der Waals surface area contributed by atoms with E-state index in [9.17, 15) is 14.4 Å². The fraction of sp³-hybridized carbons (Fsp3) is 0.182. The average Bonchev–Trinajstić information content (AvgIpc) is 2.31. The van der Waals surface area contributed by atoms with Crippen LogP contribution in [0.5, 0.6) is 0 Å². The lowest BCUT2D eigenvalue weighted by molar-refractivity contribution is -0.117. The van der Waals surface area contributed by atoms with Crippen LogP contribution in [0.25, 0.3) is 0 Å². The Morgan fingerprint density at radius 2 is 1.68 bits per heavy atom. The molecule has 0 radical (unpaired) electrons. The fourth-order valence-corrected chi connectivity index (χ4v) is 1.88. The lowest BCUT2D eigenvalue weighted by Gasteiger charge is -2.05. The molecule has 0 aliphatic heterocycles. The Labute approximate surface area is 119 Å². The van der Waals surface area contributed by atoms with Crippen LogP contribution in [0.3, 0.4) is 0 Å². The summed E-state index contributed by atoms with van der Waals surface area (Å²) in [4.78, 5) is 32.9. The van der Waals surface area contributed by atoms with E-state index in [1.54, 1.807) is 24.3 Å². The summed E-state index contributed by atoms with van der Waals surface area (Å²) in [5.74, 6) is -0.706. The van der Waals surface area contributed by atoms with Crippen molar-refractivity contribution in [1.82, 2.24) is 5.32 Å².